The largest absolute Gasteiger partial charge is 0.506 e. The molecule has 2 aliphatic heterocycles. The smallest absolute Gasteiger partial charge is 0.272 e. The summed E-state index contributed by atoms with van der Waals surface area (Å²) in [6.45, 7) is 0. The summed E-state index contributed by atoms with van der Waals surface area (Å²) >= 11 is 0. The second-order valence-electron chi connectivity index (χ2n) is 5.10. The predicted molar refractivity (Wildman–Crippen MR) is 70.8 cm³/mol. The maximum Gasteiger partial charge on any atom is 0.272 e. The summed E-state index contributed by atoms with van der Waals surface area (Å²) < 4.78 is 31.6. The highest BCUT2D eigenvalue weighted by Gasteiger charge is 2.44. The molecule has 2 saturated heterocycles. The molecule has 0 unspecified atom stereocenters. The molecule has 3 fully saturated rings. The number of phenols is 1. The fourth-order valence-electron chi connectivity index (χ4n) is 2.86. The molecule has 1 saturated carbocycles. The van der Waals surface area contributed by atoms with Crippen LogP contribution in [0.2, 0.25) is 0 Å². The molecule has 0 amide bonds. The summed E-state index contributed by atoms with van der Waals surface area (Å²) in [6.07, 6.45) is 3.30. The van der Waals surface area contributed by atoms with E-state index >= 15 is 0 Å². The number of rotatable bonds is 3. The Morgan fingerprint density at radius 2 is 2.00 bits per heavy atom. The first-order chi connectivity index (χ1) is 9.54. The lowest BCUT2D eigenvalue weighted by Crippen LogP contribution is -2.51. The van der Waals surface area contributed by atoms with E-state index in [9.17, 15) is 13.5 Å². The van der Waals surface area contributed by atoms with Gasteiger partial charge in [-0.2, -0.15) is 0 Å². The zero-order chi connectivity index (χ0) is 14.3. The molecule has 7 heteroatoms. The number of sulfonamides is 1. The van der Waals surface area contributed by atoms with E-state index in [1.807, 2.05) is 0 Å². The normalized spacial score (nSPS) is 26.6. The van der Waals surface area contributed by atoms with Crippen LogP contribution in [0.5, 0.6) is 11.5 Å². The summed E-state index contributed by atoms with van der Waals surface area (Å²) in [4.78, 5) is 5.31. The van der Waals surface area contributed by atoms with Gasteiger partial charge in [0.2, 0.25) is 0 Å². The van der Waals surface area contributed by atoms with Crippen LogP contribution >= 0.6 is 0 Å². The molecule has 110 valence electrons. The Morgan fingerprint density at radius 3 is 2.55 bits per heavy atom. The Morgan fingerprint density at radius 1 is 1.30 bits per heavy atom. The van der Waals surface area contributed by atoms with Crippen molar-refractivity contribution in [2.45, 2.75) is 42.7 Å². The molecule has 1 aliphatic carbocycles. The number of nitrogens with zero attached hydrogens (tertiary/aromatic N) is 1. The van der Waals surface area contributed by atoms with Gasteiger partial charge in [-0.3, -0.25) is 4.84 Å². The van der Waals surface area contributed by atoms with Gasteiger partial charge in [-0.25, -0.2) is 8.42 Å². The van der Waals surface area contributed by atoms with Gasteiger partial charge in [0.15, 0.2) is 4.90 Å². The number of phenolic OH excluding ortho intramolecular Hbond substituents is 1. The Labute approximate surface area is 117 Å². The van der Waals surface area contributed by atoms with Gasteiger partial charge in [0, 0.05) is 0 Å². The minimum absolute atomic E-state index is 0.0494. The molecule has 1 aromatic rings. The van der Waals surface area contributed by atoms with Crippen LogP contribution in [0.4, 0.5) is 0 Å². The zero-order valence-electron chi connectivity index (χ0n) is 11.2. The van der Waals surface area contributed by atoms with Crippen molar-refractivity contribution in [3.8, 4) is 11.5 Å². The number of ether oxygens (including phenoxy) is 1. The van der Waals surface area contributed by atoms with Crippen LogP contribution < -0.4 is 4.74 Å². The molecular weight excluding hydrogens is 282 g/mol. The van der Waals surface area contributed by atoms with E-state index in [0.717, 1.165) is 30.2 Å². The molecule has 0 atom stereocenters. The van der Waals surface area contributed by atoms with Crippen molar-refractivity contribution >= 4 is 10.0 Å². The molecule has 20 heavy (non-hydrogen) atoms. The van der Waals surface area contributed by atoms with Crippen molar-refractivity contribution in [2.24, 2.45) is 0 Å². The van der Waals surface area contributed by atoms with Gasteiger partial charge in [0.25, 0.3) is 10.0 Å². The Kier molecular flexibility index (Phi) is 3.35. The highest BCUT2D eigenvalue weighted by Crippen LogP contribution is 2.41. The van der Waals surface area contributed by atoms with Gasteiger partial charge < -0.3 is 9.84 Å². The molecule has 0 spiro atoms. The molecule has 1 N–H and O–H groups in total. The van der Waals surface area contributed by atoms with Gasteiger partial charge in [0.1, 0.15) is 11.5 Å². The summed E-state index contributed by atoms with van der Waals surface area (Å²) in [5, 5.41) is 9.92. The molecule has 2 bridgehead atoms. The minimum atomic E-state index is -3.93. The highest BCUT2D eigenvalue weighted by atomic mass is 32.2. The molecule has 4 rings (SSSR count). The van der Waals surface area contributed by atoms with Crippen LogP contribution in [0.1, 0.15) is 25.7 Å². The van der Waals surface area contributed by atoms with Gasteiger partial charge in [-0.05, 0) is 37.8 Å². The predicted octanol–water partition coefficient (Wildman–Crippen LogP) is 1.65. The molecule has 1 aromatic carbocycles. The number of hydrogen-bond acceptors (Lipinski definition) is 5. The van der Waals surface area contributed by atoms with E-state index in [4.69, 9.17) is 9.57 Å². The van der Waals surface area contributed by atoms with Gasteiger partial charge >= 0.3 is 0 Å². The van der Waals surface area contributed by atoms with Crippen LogP contribution in [0.15, 0.2) is 23.1 Å². The number of aromatic hydroxyl groups is 1. The number of benzene rings is 1. The molecule has 0 radical (unpaired) electrons. The lowest BCUT2D eigenvalue weighted by atomic mass is 9.92. The van der Waals surface area contributed by atoms with Gasteiger partial charge in [-0.15, -0.1) is 0 Å². The van der Waals surface area contributed by atoms with Crippen molar-refractivity contribution in [2.75, 3.05) is 7.11 Å². The van der Waals surface area contributed by atoms with Crippen LogP contribution in [0.25, 0.3) is 0 Å². The topological polar surface area (TPSA) is 76.1 Å². The van der Waals surface area contributed by atoms with Crippen LogP contribution in [-0.4, -0.2) is 37.2 Å². The number of methoxy groups -OCH3 is 1. The zero-order valence-corrected chi connectivity index (χ0v) is 12.0. The quantitative estimate of drug-likeness (QED) is 0.918. The van der Waals surface area contributed by atoms with Crippen molar-refractivity contribution < 1.29 is 23.1 Å². The lowest BCUT2D eigenvalue weighted by molar-refractivity contribution is -0.217. The van der Waals surface area contributed by atoms with E-state index in [1.54, 1.807) is 0 Å². The standard InChI is InChI=1S/C13H17NO5S/c1-18-12-4-2-3-11(15)13(12)20(16,17)14-9-5-7-10(19-14)8-6-9/h2-4,9-10,15H,5-8H2,1H3. The third-order valence-electron chi connectivity index (χ3n) is 3.87. The van der Waals surface area contributed by atoms with E-state index in [0.29, 0.717) is 0 Å². The van der Waals surface area contributed by atoms with Crippen LogP contribution in [0.3, 0.4) is 0 Å². The molecule has 6 nitrogen and oxygen atoms in total. The number of hydroxylamine groups is 1. The fraction of sp³-hybridized carbons (Fsp3) is 0.538. The minimum Gasteiger partial charge on any atom is -0.506 e. The lowest BCUT2D eigenvalue weighted by Gasteiger charge is -2.43. The third-order valence-corrected chi connectivity index (χ3v) is 5.65. The maximum atomic E-state index is 12.7. The van der Waals surface area contributed by atoms with Crippen molar-refractivity contribution in [3.05, 3.63) is 18.2 Å². The van der Waals surface area contributed by atoms with Gasteiger partial charge in [0.05, 0.1) is 19.3 Å². The average Bonchev–Trinajstić information content (AvgIpc) is 2.47. The summed E-state index contributed by atoms with van der Waals surface area (Å²) in [5.41, 5.74) is 0. The van der Waals surface area contributed by atoms with Crippen molar-refractivity contribution in [3.63, 3.8) is 0 Å². The summed E-state index contributed by atoms with van der Waals surface area (Å²) in [5.74, 6) is -0.204. The second kappa shape index (κ2) is 4.91. The molecular formula is C13H17NO5S. The highest BCUT2D eigenvalue weighted by molar-refractivity contribution is 7.89. The average molecular weight is 299 g/mol. The first-order valence-electron chi connectivity index (χ1n) is 6.61. The first-order valence-corrected chi connectivity index (χ1v) is 8.05. The van der Waals surface area contributed by atoms with E-state index in [1.165, 1.54) is 25.3 Å². The van der Waals surface area contributed by atoms with E-state index in [-0.39, 0.29) is 28.5 Å². The summed E-state index contributed by atoms with van der Waals surface area (Å²) in [7, 11) is -2.56. The summed E-state index contributed by atoms with van der Waals surface area (Å²) in [6, 6.07) is 4.22. The number of hydrogen-bond donors (Lipinski definition) is 1. The van der Waals surface area contributed by atoms with Crippen LogP contribution in [-0.2, 0) is 14.9 Å². The fourth-order valence-corrected chi connectivity index (χ4v) is 4.62. The van der Waals surface area contributed by atoms with Gasteiger partial charge in [-0.1, -0.05) is 10.5 Å². The van der Waals surface area contributed by atoms with E-state index < -0.39 is 10.0 Å². The molecule has 2 heterocycles. The SMILES string of the molecule is COc1cccc(O)c1S(=O)(=O)N1OC2CCC1CC2. The Balaban J connectivity index is 2.05. The molecule has 0 aromatic heterocycles. The maximum absolute atomic E-state index is 12.7. The first kappa shape index (κ1) is 13.7. The van der Waals surface area contributed by atoms with Crippen molar-refractivity contribution in [1.29, 1.82) is 0 Å². The van der Waals surface area contributed by atoms with Crippen molar-refractivity contribution in [1.82, 2.24) is 4.47 Å². The Hall–Kier alpha value is -1.31. The molecule has 3 aliphatic rings. The Bertz CT molecular complexity index is 607. The van der Waals surface area contributed by atoms with Crippen LogP contribution in [0, 0.1) is 0 Å². The van der Waals surface area contributed by atoms with E-state index in [2.05, 4.69) is 0 Å². The third kappa shape index (κ3) is 2.06. The number of fused-ring (bicyclic) bond motifs is 3. The monoisotopic (exact) mass is 299 g/mol. The second-order valence-corrected chi connectivity index (χ2v) is 6.82.